The molecule has 0 aliphatic rings. The lowest BCUT2D eigenvalue weighted by Crippen LogP contribution is -2.01. The first kappa shape index (κ1) is 27.0. The predicted octanol–water partition coefficient (Wildman–Crippen LogP) is 6.30. The summed E-state index contributed by atoms with van der Waals surface area (Å²) in [6, 6.07) is 9.65. The van der Waals surface area contributed by atoms with Gasteiger partial charge in [0, 0.05) is 11.1 Å². The van der Waals surface area contributed by atoms with E-state index in [0.29, 0.717) is 47.0 Å². The van der Waals surface area contributed by atoms with Crippen molar-refractivity contribution < 1.29 is 28.7 Å². The van der Waals surface area contributed by atoms with Crippen molar-refractivity contribution in [2.45, 2.75) is 64.2 Å². The molecule has 0 aliphatic carbocycles. The molecule has 6 nitrogen and oxygen atoms in total. The molecule has 0 N–H and O–H groups in total. The minimum Gasteiger partial charge on any atom is -0.493 e. The maximum Gasteiger partial charge on any atom is 0.153 e. The van der Waals surface area contributed by atoms with Crippen LogP contribution in [0.15, 0.2) is 36.4 Å². The fourth-order valence-electron chi connectivity index (χ4n) is 3.68. The van der Waals surface area contributed by atoms with E-state index in [4.69, 9.17) is 9.47 Å². The second-order valence-electron chi connectivity index (χ2n) is 8.30. The van der Waals surface area contributed by atoms with E-state index < -0.39 is 0 Å². The average Bonchev–Trinajstić information content (AvgIpc) is 2.88. The van der Waals surface area contributed by atoms with Gasteiger partial charge in [-0.05, 0) is 37.1 Å². The molecule has 0 saturated heterocycles. The lowest BCUT2D eigenvalue weighted by Gasteiger charge is -2.09. The number of benzene rings is 2. The largest absolute Gasteiger partial charge is 0.493 e. The monoisotopic (exact) mass is 466 g/mol. The highest BCUT2D eigenvalue weighted by Crippen LogP contribution is 2.20. The van der Waals surface area contributed by atoms with Crippen molar-refractivity contribution >= 4 is 25.1 Å². The van der Waals surface area contributed by atoms with Gasteiger partial charge >= 0.3 is 0 Å². The molecule has 0 spiro atoms. The predicted molar refractivity (Wildman–Crippen MR) is 132 cm³/mol. The van der Waals surface area contributed by atoms with Crippen molar-refractivity contribution in [3.8, 4) is 11.5 Å². The van der Waals surface area contributed by atoms with Crippen LogP contribution in [-0.4, -0.2) is 38.4 Å². The summed E-state index contributed by atoms with van der Waals surface area (Å²) in [5.74, 6) is 0.951. The van der Waals surface area contributed by atoms with E-state index in [1.54, 1.807) is 36.4 Å². The van der Waals surface area contributed by atoms with Gasteiger partial charge in [-0.3, -0.25) is 19.2 Å². The van der Waals surface area contributed by atoms with Crippen molar-refractivity contribution in [1.29, 1.82) is 0 Å². The molecule has 0 bridgehead atoms. The average molecular weight is 467 g/mol. The summed E-state index contributed by atoms with van der Waals surface area (Å²) in [5, 5.41) is 0. The van der Waals surface area contributed by atoms with Crippen LogP contribution in [0.3, 0.4) is 0 Å². The molecule has 2 aromatic carbocycles. The Morgan fingerprint density at radius 1 is 0.471 bits per heavy atom. The van der Waals surface area contributed by atoms with E-state index in [1.807, 2.05) is 0 Å². The minimum atomic E-state index is 0.468. The molecule has 0 unspecified atom stereocenters. The van der Waals surface area contributed by atoms with E-state index in [0.717, 1.165) is 63.7 Å². The third-order valence-electron chi connectivity index (χ3n) is 5.66. The normalized spacial score (nSPS) is 10.5. The Labute approximate surface area is 201 Å². The molecule has 0 atom stereocenters. The van der Waals surface area contributed by atoms with Crippen LogP contribution < -0.4 is 9.47 Å². The molecule has 182 valence electrons. The topological polar surface area (TPSA) is 86.7 Å². The van der Waals surface area contributed by atoms with Crippen LogP contribution in [0.25, 0.3) is 0 Å². The maximum atomic E-state index is 11.1. The minimum absolute atomic E-state index is 0.468. The molecule has 0 radical (unpaired) electrons. The molecule has 0 aliphatic heterocycles. The SMILES string of the molecule is O=Cc1ccc(C=O)c(OCCCCCCCCCCCCOc2cc(C=O)ccc2C=O)c1. The molecule has 0 aromatic heterocycles. The lowest BCUT2D eigenvalue weighted by atomic mass is 10.1. The smallest absolute Gasteiger partial charge is 0.153 e. The standard InChI is InChI=1S/C28H34O6/c29-19-23-11-13-25(21-31)27(17-23)33-15-9-7-5-3-1-2-4-6-8-10-16-34-28-18-24(20-30)12-14-26(28)22-32/h11-14,17-22H,1-10,15-16H2. The Balaban J connectivity index is 1.44. The van der Waals surface area contributed by atoms with E-state index in [9.17, 15) is 19.2 Å². The molecule has 34 heavy (non-hydrogen) atoms. The molecular formula is C28H34O6. The van der Waals surface area contributed by atoms with E-state index in [-0.39, 0.29) is 0 Å². The number of carbonyl (C=O) groups excluding carboxylic acids is 4. The van der Waals surface area contributed by atoms with E-state index in [2.05, 4.69) is 0 Å². The molecule has 0 fully saturated rings. The van der Waals surface area contributed by atoms with Crippen molar-refractivity contribution in [2.75, 3.05) is 13.2 Å². The Kier molecular flexibility index (Phi) is 13.0. The number of carbonyl (C=O) groups is 4. The summed E-state index contributed by atoms with van der Waals surface area (Å²) in [6.07, 6.45) is 14.1. The van der Waals surface area contributed by atoms with Crippen molar-refractivity contribution in [2.24, 2.45) is 0 Å². The first-order valence-corrected chi connectivity index (χ1v) is 12.1. The van der Waals surface area contributed by atoms with E-state index >= 15 is 0 Å². The highest BCUT2D eigenvalue weighted by molar-refractivity contribution is 5.84. The van der Waals surface area contributed by atoms with Gasteiger partial charge in [0.15, 0.2) is 12.6 Å². The molecular weight excluding hydrogens is 432 g/mol. The van der Waals surface area contributed by atoms with Gasteiger partial charge in [-0.1, -0.05) is 63.5 Å². The van der Waals surface area contributed by atoms with Gasteiger partial charge < -0.3 is 9.47 Å². The maximum absolute atomic E-state index is 11.1. The number of ether oxygens (including phenoxy) is 2. The Bertz CT molecular complexity index is 846. The second kappa shape index (κ2) is 16.4. The van der Waals surface area contributed by atoms with Crippen molar-refractivity contribution in [3.63, 3.8) is 0 Å². The summed E-state index contributed by atoms with van der Waals surface area (Å²) in [7, 11) is 0. The molecule has 6 heteroatoms. The fraction of sp³-hybridized carbons (Fsp3) is 0.429. The van der Waals surface area contributed by atoms with Crippen LogP contribution in [-0.2, 0) is 0 Å². The molecule has 0 amide bonds. The summed E-state index contributed by atoms with van der Waals surface area (Å²) < 4.78 is 11.4. The zero-order chi connectivity index (χ0) is 24.4. The van der Waals surface area contributed by atoms with Gasteiger partial charge in [0.2, 0.25) is 0 Å². The summed E-state index contributed by atoms with van der Waals surface area (Å²) in [5.41, 5.74) is 1.94. The summed E-state index contributed by atoms with van der Waals surface area (Å²) in [6.45, 7) is 1.08. The van der Waals surface area contributed by atoms with Gasteiger partial charge in [0.1, 0.15) is 24.1 Å². The number of unbranched alkanes of at least 4 members (excludes halogenated alkanes) is 9. The summed E-state index contributed by atoms with van der Waals surface area (Å²) in [4.78, 5) is 43.9. The molecule has 2 rings (SSSR count). The fourth-order valence-corrected chi connectivity index (χ4v) is 3.68. The van der Waals surface area contributed by atoms with Crippen LogP contribution in [0.2, 0.25) is 0 Å². The summed E-state index contributed by atoms with van der Waals surface area (Å²) >= 11 is 0. The van der Waals surface area contributed by atoms with Gasteiger partial charge in [0.25, 0.3) is 0 Å². The molecule has 0 saturated carbocycles. The van der Waals surface area contributed by atoms with Crippen LogP contribution in [0.5, 0.6) is 11.5 Å². The van der Waals surface area contributed by atoms with Crippen molar-refractivity contribution in [3.05, 3.63) is 58.7 Å². The Morgan fingerprint density at radius 3 is 1.15 bits per heavy atom. The first-order valence-electron chi connectivity index (χ1n) is 12.1. The van der Waals surface area contributed by atoms with Gasteiger partial charge in [-0.25, -0.2) is 0 Å². The van der Waals surface area contributed by atoms with Crippen molar-refractivity contribution in [1.82, 2.24) is 0 Å². The third kappa shape index (κ3) is 9.69. The zero-order valence-corrected chi connectivity index (χ0v) is 19.7. The zero-order valence-electron chi connectivity index (χ0n) is 19.7. The van der Waals surface area contributed by atoms with Gasteiger partial charge in [-0.15, -0.1) is 0 Å². The number of rotatable bonds is 19. The van der Waals surface area contributed by atoms with Crippen LogP contribution in [0, 0.1) is 0 Å². The Hall–Kier alpha value is -3.28. The first-order chi connectivity index (χ1) is 16.7. The van der Waals surface area contributed by atoms with Crippen LogP contribution >= 0.6 is 0 Å². The lowest BCUT2D eigenvalue weighted by molar-refractivity contribution is 0.110. The van der Waals surface area contributed by atoms with E-state index in [1.165, 1.54) is 25.7 Å². The number of hydrogen-bond donors (Lipinski definition) is 0. The van der Waals surface area contributed by atoms with Crippen LogP contribution in [0.1, 0.15) is 106 Å². The highest BCUT2D eigenvalue weighted by Gasteiger charge is 2.05. The highest BCUT2D eigenvalue weighted by atomic mass is 16.5. The third-order valence-corrected chi connectivity index (χ3v) is 5.66. The van der Waals surface area contributed by atoms with Gasteiger partial charge in [-0.2, -0.15) is 0 Å². The Morgan fingerprint density at radius 2 is 0.824 bits per heavy atom. The van der Waals surface area contributed by atoms with Gasteiger partial charge in [0.05, 0.1) is 24.3 Å². The molecule has 2 aromatic rings. The molecule has 0 heterocycles. The second-order valence-corrected chi connectivity index (χ2v) is 8.30. The number of aldehydes is 4. The quantitative estimate of drug-likeness (QED) is 0.178. The number of hydrogen-bond acceptors (Lipinski definition) is 6. The van der Waals surface area contributed by atoms with Crippen LogP contribution in [0.4, 0.5) is 0 Å².